The fraction of sp³-hybridized carbons (Fsp3) is 0.917. The van der Waals surface area contributed by atoms with Crippen LogP contribution in [0, 0.1) is 11.8 Å². The second kappa shape index (κ2) is 5.50. The number of unbranched alkanes of at least 4 members (excludes halogenated alkanes) is 1. The Balaban J connectivity index is 2.36. The number of rotatable bonds is 6. The summed E-state index contributed by atoms with van der Waals surface area (Å²) in [7, 11) is 0. The van der Waals surface area contributed by atoms with Crippen LogP contribution in [0.4, 0.5) is 0 Å². The van der Waals surface area contributed by atoms with Crippen molar-refractivity contribution < 1.29 is 9.90 Å². The Morgan fingerprint density at radius 3 is 2.47 bits per heavy atom. The Bertz CT molecular complexity index is 210. The number of hydrogen-bond acceptors (Lipinski definition) is 2. The predicted molar refractivity (Wildman–Crippen MR) is 60.8 cm³/mol. The second-order valence-corrected chi connectivity index (χ2v) is 4.95. The zero-order chi connectivity index (χ0) is 11.4. The highest BCUT2D eigenvalue weighted by atomic mass is 16.4. The monoisotopic (exact) mass is 213 g/mol. The van der Waals surface area contributed by atoms with Gasteiger partial charge in [-0.1, -0.05) is 33.6 Å². The van der Waals surface area contributed by atoms with Gasteiger partial charge < -0.3 is 5.11 Å². The lowest BCUT2D eigenvalue weighted by atomic mass is 9.86. The van der Waals surface area contributed by atoms with Gasteiger partial charge in [-0.2, -0.15) is 0 Å². The van der Waals surface area contributed by atoms with Gasteiger partial charge in [0.1, 0.15) is 6.04 Å². The maximum atomic E-state index is 11.1. The topological polar surface area (TPSA) is 40.5 Å². The van der Waals surface area contributed by atoms with Gasteiger partial charge >= 0.3 is 5.97 Å². The van der Waals surface area contributed by atoms with E-state index in [2.05, 4.69) is 25.7 Å². The van der Waals surface area contributed by atoms with Gasteiger partial charge in [-0.05, 0) is 18.3 Å². The van der Waals surface area contributed by atoms with Crippen LogP contribution in [0.25, 0.3) is 0 Å². The number of carbonyl (C=O) groups is 1. The van der Waals surface area contributed by atoms with Gasteiger partial charge in [0.15, 0.2) is 0 Å². The van der Waals surface area contributed by atoms with Crippen LogP contribution < -0.4 is 0 Å². The Kier molecular flexibility index (Phi) is 4.58. The largest absolute Gasteiger partial charge is 0.480 e. The Morgan fingerprint density at radius 2 is 2.07 bits per heavy atom. The van der Waals surface area contributed by atoms with Crippen molar-refractivity contribution in [3.63, 3.8) is 0 Å². The standard InChI is InChI=1S/C12H23NO2/c1-4-5-6-11(12(14)15)13-7-10(8-13)9(2)3/h9-11H,4-8H2,1-3H3,(H,14,15). The lowest BCUT2D eigenvalue weighted by molar-refractivity contribution is -0.147. The highest BCUT2D eigenvalue weighted by Crippen LogP contribution is 2.27. The van der Waals surface area contributed by atoms with Crippen LogP contribution >= 0.6 is 0 Å². The van der Waals surface area contributed by atoms with Crippen molar-refractivity contribution in [2.45, 2.75) is 46.1 Å². The molecule has 0 aromatic rings. The van der Waals surface area contributed by atoms with Crippen molar-refractivity contribution in [2.24, 2.45) is 11.8 Å². The van der Waals surface area contributed by atoms with Gasteiger partial charge in [-0.15, -0.1) is 0 Å². The zero-order valence-electron chi connectivity index (χ0n) is 10.1. The maximum Gasteiger partial charge on any atom is 0.320 e. The average molecular weight is 213 g/mol. The van der Waals surface area contributed by atoms with E-state index in [1.165, 1.54) is 0 Å². The number of nitrogens with zero attached hydrogens (tertiary/aromatic N) is 1. The molecule has 1 aliphatic heterocycles. The normalized spacial score (nSPS) is 20.3. The highest BCUT2D eigenvalue weighted by molar-refractivity contribution is 5.73. The van der Waals surface area contributed by atoms with Crippen LogP contribution in [0.15, 0.2) is 0 Å². The van der Waals surface area contributed by atoms with Crippen LogP contribution in [-0.4, -0.2) is 35.1 Å². The van der Waals surface area contributed by atoms with Crippen molar-refractivity contribution in [3.05, 3.63) is 0 Å². The first-order chi connectivity index (χ1) is 7.06. The Morgan fingerprint density at radius 1 is 1.47 bits per heavy atom. The van der Waals surface area contributed by atoms with Crippen molar-refractivity contribution in [1.29, 1.82) is 0 Å². The molecule has 1 unspecified atom stereocenters. The first kappa shape index (κ1) is 12.5. The molecule has 0 aliphatic carbocycles. The molecule has 0 bridgehead atoms. The summed E-state index contributed by atoms with van der Waals surface area (Å²) >= 11 is 0. The fourth-order valence-electron chi connectivity index (χ4n) is 2.08. The van der Waals surface area contributed by atoms with E-state index in [0.29, 0.717) is 11.8 Å². The van der Waals surface area contributed by atoms with E-state index in [0.717, 1.165) is 32.4 Å². The fourth-order valence-corrected chi connectivity index (χ4v) is 2.08. The van der Waals surface area contributed by atoms with E-state index in [-0.39, 0.29) is 6.04 Å². The Labute approximate surface area is 92.5 Å². The van der Waals surface area contributed by atoms with Gasteiger partial charge in [0.25, 0.3) is 0 Å². The van der Waals surface area contributed by atoms with Crippen LogP contribution in [-0.2, 0) is 4.79 Å². The molecule has 1 saturated heterocycles. The van der Waals surface area contributed by atoms with E-state index in [9.17, 15) is 4.79 Å². The first-order valence-electron chi connectivity index (χ1n) is 6.03. The predicted octanol–water partition coefficient (Wildman–Crippen LogP) is 2.22. The zero-order valence-corrected chi connectivity index (χ0v) is 10.1. The first-order valence-corrected chi connectivity index (χ1v) is 6.03. The van der Waals surface area contributed by atoms with Gasteiger partial charge in [0, 0.05) is 13.1 Å². The second-order valence-electron chi connectivity index (χ2n) is 4.95. The molecule has 88 valence electrons. The molecule has 0 amide bonds. The quantitative estimate of drug-likeness (QED) is 0.735. The summed E-state index contributed by atoms with van der Waals surface area (Å²) in [6.07, 6.45) is 2.89. The molecule has 1 aliphatic rings. The van der Waals surface area contributed by atoms with Crippen LogP contribution in [0.2, 0.25) is 0 Å². The van der Waals surface area contributed by atoms with Crippen molar-refractivity contribution in [2.75, 3.05) is 13.1 Å². The van der Waals surface area contributed by atoms with E-state index in [4.69, 9.17) is 5.11 Å². The molecule has 0 spiro atoms. The number of carboxylic acid groups (broad SMARTS) is 1. The van der Waals surface area contributed by atoms with E-state index >= 15 is 0 Å². The lowest BCUT2D eigenvalue weighted by Crippen LogP contribution is -2.56. The molecule has 0 radical (unpaired) electrons. The molecule has 3 heteroatoms. The molecule has 1 heterocycles. The molecule has 3 nitrogen and oxygen atoms in total. The van der Waals surface area contributed by atoms with Gasteiger partial charge in [-0.3, -0.25) is 9.69 Å². The molecule has 1 rings (SSSR count). The number of likely N-dealkylation sites (tertiary alicyclic amines) is 1. The van der Waals surface area contributed by atoms with E-state index in [1.807, 2.05) is 0 Å². The Hall–Kier alpha value is -0.570. The summed E-state index contributed by atoms with van der Waals surface area (Å²) in [4.78, 5) is 13.2. The highest BCUT2D eigenvalue weighted by Gasteiger charge is 2.36. The lowest BCUT2D eigenvalue weighted by Gasteiger charge is -2.44. The molecule has 15 heavy (non-hydrogen) atoms. The third kappa shape index (κ3) is 3.20. The molecule has 1 N–H and O–H groups in total. The third-order valence-electron chi connectivity index (χ3n) is 3.44. The molecular formula is C12H23NO2. The smallest absolute Gasteiger partial charge is 0.320 e. The summed E-state index contributed by atoms with van der Waals surface area (Å²) in [5.74, 6) is 0.737. The van der Waals surface area contributed by atoms with Crippen LogP contribution in [0.1, 0.15) is 40.0 Å². The van der Waals surface area contributed by atoms with Gasteiger partial charge in [0.2, 0.25) is 0 Å². The summed E-state index contributed by atoms with van der Waals surface area (Å²) in [5, 5.41) is 9.12. The van der Waals surface area contributed by atoms with Gasteiger partial charge in [-0.25, -0.2) is 0 Å². The SMILES string of the molecule is CCCCC(C(=O)O)N1CC(C(C)C)C1. The average Bonchev–Trinajstić information content (AvgIpc) is 2.06. The third-order valence-corrected chi connectivity index (χ3v) is 3.44. The molecular weight excluding hydrogens is 190 g/mol. The number of aliphatic carboxylic acids is 1. The molecule has 0 aromatic carbocycles. The van der Waals surface area contributed by atoms with E-state index in [1.54, 1.807) is 0 Å². The minimum Gasteiger partial charge on any atom is -0.480 e. The van der Waals surface area contributed by atoms with Crippen molar-refractivity contribution >= 4 is 5.97 Å². The van der Waals surface area contributed by atoms with Crippen LogP contribution in [0.5, 0.6) is 0 Å². The van der Waals surface area contributed by atoms with Crippen molar-refractivity contribution in [3.8, 4) is 0 Å². The van der Waals surface area contributed by atoms with Crippen molar-refractivity contribution in [1.82, 2.24) is 4.90 Å². The molecule has 1 fully saturated rings. The number of hydrogen-bond donors (Lipinski definition) is 1. The minimum atomic E-state index is -0.648. The number of carboxylic acids is 1. The van der Waals surface area contributed by atoms with Crippen LogP contribution in [0.3, 0.4) is 0 Å². The maximum absolute atomic E-state index is 11.1. The van der Waals surface area contributed by atoms with Gasteiger partial charge in [0.05, 0.1) is 0 Å². The summed E-state index contributed by atoms with van der Waals surface area (Å²) < 4.78 is 0. The van der Waals surface area contributed by atoms with E-state index < -0.39 is 5.97 Å². The summed E-state index contributed by atoms with van der Waals surface area (Å²) in [5.41, 5.74) is 0. The minimum absolute atomic E-state index is 0.236. The summed E-state index contributed by atoms with van der Waals surface area (Å²) in [6, 6.07) is -0.236. The molecule has 1 atom stereocenters. The molecule has 0 aromatic heterocycles. The summed E-state index contributed by atoms with van der Waals surface area (Å²) in [6.45, 7) is 8.47. The molecule has 0 saturated carbocycles.